The first-order valence-corrected chi connectivity index (χ1v) is 7.72. The molecule has 0 unspecified atom stereocenters. The van der Waals surface area contributed by atoms with Crippen LogP contribution in [0.1, 0.15) is 20.3 Å². The summed E-state index contributed by atoms with van der Waals surface area (Å²) >= 11 is 0. The molecule has 1 aliphatic rings. The second-order valence-electron chi connectivity index (χ2n) is 6.39. The highest BCUT2D eigenvalue weighted by Crippen LogP contribution is 2.20. The highest BCUT2D eigenvalue weighted by molar-refractivity contribution is 5.84. The van der Waals surface area contributed by atoms with Gasteiger partial charge in [-0.15, -0.1) is 0 Å². The molecule has 1 aromatic heterocycles. The quantitative estimate of drug-likeness (QED) is 0.888. The van der Waals surface area contributed by atoms with E-state index in [1.54, 1.807) is 6.20 Å². The van der Waals surface area contributed by atoms with Gasteiger partial charge in [0.1, 0.15) is 0 Å². The van der Waals surface area contributed by atoms with Gasteiger partial charge in [0, 0.05) is 30.4 Å². The molecule has 1 fully saturated rings. The number of nitrogens with one attached hydrogen (secondary N) is 2. The van der Waals surface area contributed by atoms with Gasteiger partial charge in [-0.3, -0.25) is 9.69 Å². The molecule has 0 spiro atoms. The molecule has 0 atom stereocenters. The van der Waals surface area contributed by atoms with E-state index in [-0.39, 0.29) is 5.56 Å². The average Bonchev–Trinajstić information content (AvgIpc) is 2.41. The summed E-state index contributed by atoms with van der Waals surface area (Å²) in [6, 6.07) is 8.41. The Morgan fingerprint density at radius 3 is 2.90 bits per heavy atom. The molecule has 0 bridgehead atoms. The maximum Gasteiger partial charge on any atom is 0.255 e. The van der Waals surface area contributed by atoms with Crippen molar-refractivity contribution in [3.63, 3.8) is 0 Å². The topological polar surface area (TPSA) is 48.1 Å². The van der Waals surface area contributed by atoms with E-state index in [0.717, 1.165) is 35.5 Å². The standard InChI is InChI=1S/C17H23N3O/c1-12(2)6-8-20-10-15(11-20)19-14-3-4-16-13(9-14)5-7-18-17(16)21/h3-5,7,9,12,15,19H,6,8,10-11H2,1-2H3,(H,18,21). The van der Waals surface area contributed by atoms with Gasteiger partial charge < -0.3 is 10.3 Å². The Morgan fingerprint density at radius 2 is 2.14 bits per heavy atom. The lowest BCUT2D eigenvalue weighted by atomic mass is 10.0. The van der Waals surface area contributed by atoms with Crippen molar-refractivity contribution in [1.29, 1.82) is 0 Å². The summed E-state index contributed by atoms with van der Waals surface area (Å²) in [6.07, 6.45) is 2.97. The van der Waals surface area contributed by atoms with Crippen LogP contribution >= 0.6 is 0 Å². The summed E-state index contributed by atoms with van der Waals surface area (Å²) in [5.74, 6) is 0.774. The van der Waals surface area contributed by atoms with Crippen LogP contribution in [0.4, 0.5) is 5.69 Å². The van der Waals surface area contributed by atoms with Crippen molar-refractivity contribution in [1.82, 2.24) is 9.88 Å². The average molecular weight is 285 g/mol. The molecule has 112 valence electrons. The van der Waals surface area contributed by atoms with Crippen molar-refractivity contribution in [2.75, 3.05) is 25.0 Å². The number of anilines is 1. The minimum absolute atomic E-state index is 0.0254. The zero-order valence-electron chi connectivity index (χ0n) is 12.7. The van der Waals surface area contributed by atoms with E-state index in [9.17, 15) is 4.79 Å². The van der Waals surface area contributed by atoms with Crippen LogP contribution in [0.5, 0.6) is 0 Å². The van der Waals surface area contributed by atoms with Crippen LogP contribution in [0, 0.1) is 5.92 Å². The van der Waals surface area contributed by atoms with Crippen LogP contribution in [0.25, 0.3) is 10.8 Å². The third-order valence-electron chi connectivity index (χ3n) is 4.12. The minimum Gasteiger partial charge on any atom is -0.380 e. The third kappa shape index (κ3) is 3.27. The van der Waals surface area contributed by atoms with E-state index in [4.69, 9.17) is 0 Å². The molecular formula is C17H23N3O. The zero-order chi connectivity index (χ0) is 14.8. The van der Waals surface area contributed by atoms with Crippen molar-refractivity contribution < 1.29 is 0 Å². The summed E-state index contributed by atoms with van der Waals surface area (Å²) in [4.78, 5) is 16.9. The molecule has 1 aromatic carbocycles. The molecule has 2 aromatic rings. The SMILES string of the molecule is CC(C)CCN1CC(Nc2ccc3c(=O)[nH]ccc3c2)C1. The first-order chi connectivity index (χ1) is 10.1. The van der Waals surface area contributed by atoms with Gasteiger partial charge in [-0.05, 0) is 48.5 Å². The number of nitrogens with zero attached hydrogens (tertiary/aromatic N) is 1. The molecule has 1 aliphatic heterocycles. The fraction of sp³-hybridized carbons (Fsp3) is 0.471. The van der Waals surface area contributed by atoms with Crippen LogP contribution in [-0.4, -0.2) is 35.6 Å². The molecule has 2 heterocycles. The molecule has 0 amide bonds. The van der Waals surface area contributed by atoms with E-state index in [0.29, 0.717) is 6.04 Å². The molecule has 4 nitrogen and oxygen atoms in total. The molecular weight excluding hydrogens is 262 g/mol. The fourth-order valence-electron chi connectivity index (χ4n) is 2.80. The van der Waals surface area contributed by atoms with E-state index in [2.05, 4.69) is 35.1 Å². The summed E-state index contributed by atoms with van der Waals surface area (Å²) in [5, 5.41) is 5.29. The lowest BCUT2D eigenvalue weighted by molar-refractivity contribution is 0.153. The maximum absolute atomic E-state index is 11.7. The van der Waals surface area contributed by atoms with Gasteiger partial charge in [-0.2, -0.15) is 0 Å². The van der Waals surface area contributed by atoms with Gasteiger partial charge in [-0.1, -0.05) is 13.8 Å². The van der Waals surface area contributed by atoms with Crippen LogP contribution < -0.4 is 10.9 Å². The number of aromatic amines is 1. The maximum atomic E-state index is 11.7. The monoisotopic (exact) mass is 285 g/mol. The Balaban J connectivity index is 1.59. The van der Waals surface area contributed by atoms with Crippen molar-refractivity contribution in [2.45, 2.75) is 26.3 Å². The number of benzene rings is 1. The Morgan fingerprint density at radius 1 is 1.33 bits per heavy atom. The van der Waals surface area contributed by atoms with Crippen molar-refractivity contribution >= 4 is 16.5 Å². The number of fused-ring (bicyclic) bond motifs is 1. The molecule has 1 saturated heterocycles. The van der Waals surface area contributed by atoms with Crippen LogP contribution in [0.2, 0.25) is 0 Å². The normalized spacial score (nSPS) is 16.3. The van der Waals surface area contributed by atoms with Gasteiger partial charge in [0.25, 0.3) is 5.56 Å². The van der Waals surface area contributed by atoms with Crippen LogP contribution in [0.3, 0.4) is 0 Å². The lowest BCUT2D eigenvalue weighted by Crippen LogP contribution is -2.54. The smallest absolute Gasteiger partial charge is 0.255 e. The third-order valence-corrected chi connectivity index (χ3v) is 4.12. The predicted molar refractivity (Wildman–Crippen MR) is 87.9 cm³/mol. The Kier molecular flexibility index (Phi) is 3.97. The van der Waals surface area contributed by atoms with Crippen LogP contribution in [-0.2, 0) is 0 Å². The predicted octanol–water partition coefficient (Wildman–Crippen LogP) is 2.67. The molecule has 0 saturated carbocycles. The van der Waals surface area contributed by atoms with Gasteiger partial charge in [0.2, 0.25) is 0 Å². The largest absolute Gasteiger partial charge is 0.380 e. The fourth-order valence-corrected chi connectivity index (χ4v) is 2.80. The molecule has 21 heavy (non-hydrogen) atoms. The number of likely N-dealkylation sites (tertiary alicyclic amines) is 1. The Hall–Kier alpha value is -1.81. The molecule has 0 radical (unpaired) electrons. The number of hydrogen-bond acceptors (Lipinski definition) is 3. The highest BCUT2D eigenvalue weighted by Gasteiger charge is 2.25. The van der Waals surface area contributed by atoms with Crippen LogP contribution in [0.15, 0.2) is 35.3 Å². The second kappa shape index (κ2) is 5.90. The van der Waals surface area contributed by atoms with Gasteiger partial charge >= 0.3 is 0 Å². The highest BCUT2D eigenvalue weighted by atomic mass is 16.1. The first kappa shape index (κ1) is 14.1. The molecule has 2 N–H and O–H groups in total. The summed E-state index contributed by atoms with van der Waals surface area (Å²) in [6.45, 7) is 7.96. The van der Waals surface area contributed by atoms with E-state index < -0.39 is 0 Å². The summed E-state index contributed by atoms with van der Waals surface area (Å²) in [5.41, 5.74) is 1.07. The zero-order valence-corrected chi connectivity index (χ0v) is 12.7. The van der Waals surface area contributed by atoms with E-state index in [1.165, 1.54) is 13.0 Å². The van der Waals surface area contributed by atoms with Gasteiger partial charge in [0.15, 0.2) is 0 Å². The number of rotatable bonds is 5. The van der Waals surface area contributed by atoms with Crippen molar-refractivity contribution in [2.24, 2.45) is 5.92 Å². The van der Waals surface area contributed by atoms with Gasteiger partial charge in [0.05, 0.1) is 6.04 Å². The second-order valence-corrected chi connectivity index (χ2v) is 6.39. The van der Waals surface area contributed by atoms with Gasteiger partial charge in [-0.25, -0.2) is 0 Å². The summed E-state index contributed by atoms with van der Waals surface area (Å²) < 4.78 is 0. The van der Waals surface area contributed by atoms with Crippen molar-refractivity contribution in [3.8, 4) is 0 Å². The number of aromatic nitrogens is 1. The molecule has 3 rings (SSSR count). The summed E-state index contributed by atoms with van der Waals surface area (Å²) in [7, 11) is 0. The first-order valence-electron chi connectivity index (χ1n) is 7.72. The lowest BCUT2D eigenvalue weighted by Gasteiger charge is -2.40. The molecule has 4 heteroatoms. The Labute approximate surface area is 125 Å². The van der Waals surface area contributed by atoms with Crippen molar-refractivity contribution in [3.05, 3.63) is 40.8 Å². The number of hydrogen-bond donors (Lipinski definition) is 2. The number of pyridine rings is 1. The Bertz CT molecular complexity index is 671. The number of H-pyrrole nitrogens is 1. The van der Waals surface area contributed by atoms with E-state index in [1.807, 2.05) is 18.2 Å². The van der Waals surface area contributed by atoms with E-state index >= 15 is 0 Å². The molecule has 0 aliphatic carbocycles. The minimum atomic E-state index is -0.0254.